The fourth-order valence-corrected chi connectivity index (χ4v) is 1.20. The molecule has 1 rings (SSSR count). The largest absolute Gasteiger partial charge is 0.345 e. The molecule has 0 aliphatic rings. The summed E-state index contributed by atoms with van der Waals surface area (Å²) in [6.45, 7) is 3.58. The van der Waals surface area contributed by atoms with Gasteiger partial charge >= 0.3 is 0 Å². The summed E-state index contributed by atoms with van der Waals surface area (Å²) in [6.07, 6.45) is 1.84. The molecule has 13 heavy (non-hydrogen) atoms. The Labute approximate surface area is 79.2 Å². The molecule has 0 unspecified atom stereocenters. The molecule has 0 aromatic heterocycles. The molecule has 0 aliphatic carbocycles. The van der Waals surface area contributed by atoms with Crippen molar-refractivity contribution in [3.8, 4) is 0 Å². The van der Waals surface area contributed by atoms with Gasteiger partial charge in [-0.15, -0.1) is 0 Å². The third-order valence-electron chi connectivity index (χ3n) is 2.09. The standard InChI is InChI=1S/C11H15NO/c1-2-12(10-13)9-8-11-6-4-3-5-7-11/h3-7,10H,2,8-9H2,1H3. The Hall–Kier alpha value is -1.31. The molecule has 0 spiro atoms. The smallest absolute Gasteiger partial charge is 0.209 e. The lowest BCUT2D eigenvalue weighted by atomic mass is 10.1. The molecule has 0 aliphatic heterocycles. The van der Waals surface area contributed by atoms with E-state index < -0.39 is 0 Å². The first-order chi connectivity index (χ1) is 6.36. The number of hydrogen-bond donors (Lipinski definition) is 0. The first kappa shape index (κ1) is 9.78. The highest BCUT2D eigenvalue weighted by atomic mass is 16.1. The lowest BCUT2D eigenvalue weighted by Crippen LogP contribution is -2.23. The third kappa shape index (κ3) is 3.28. The van der Waals surface area contributed by atoms with Crippen LogP contribution in [0.2, 0.25) is 0 Å². The van der Waals surface area contributed by atoms with E-state index in [1.165, 1.54) is 5.56 Å². The molecule has 0 heterocycles. The number of rotatable bonds is 5. The van der Waals surface area contributed by atoms with Crippen LogP contribution in [0.25, 0.3) is 0 Å². The van der Waals surface area contributed by atoms with Crippen molar-refractivity contribution in [3.63, 3.8) is 0 Å². The van der Waals surface area contributed by atoms with E-state index in [4.69, 9.17) is 0 Å². The summed E-state index contributed by atoms with van der Waals surface area (Å²) in [6, 6.07) is 10.2. The molecule has 0 saturated heterocycles. The lowest BCUT2D eigenvalue weighted by Gasteiger charge is -2.13. The van der Waals surface area contributed by atoms with Crippen LogP contribution in [-0.4, -0.2) is 24.4 Å². The van der Waals surface area contributed by atoms with Gasteiger partial charge in [0.2, 0.25) is 6.41 Å². The molecular weight excluding hydrogens is 162 g/mol. The van der Waals surface area contributed by atoms with E-state index in [0.29, 0.717) is 0 Å². The van der Waals surface area contributed by atoms with E-state index in [9.17, 15) is 4.79 Å². The number of likely N-dealkylation sites (N-methyl/N-ethyl adjacent to an activating group) is 1. The molecule has 0 bridgehead atoms. The van der Waals surface area contributed by atoms with E-state index in [1.54, 1.807) is 4.90 Å². The average molecular weight is 177 g/mol. The van der Waals surface area contributed by atoms with Crippen LogP contribution in [0.3, 0.4) is 0 Å². The Balaban J connectivity index is 2.38. The van der Waals surface area contributed by atoms with Crippen molar-refractivity contribution in [3.05, 3.63) is 35.9 Å². The summed E-state index contributed by atoms with van der Waals surface area (Å²) in [5.41, 5.74) is 1.28. The Bertz CT molecular complexity index is 246. The van der Waals surface area contributed by atoms with Gasteiger partial charge in [-0.1, -0.05) is 30.3 Å². The second kappa shape index (κ2) is 5.36. The SMILES string of the molecule is CCN(C=O)CCc1ccccc1. The quantitative estimate of drug-likeness (QED) is 0.627. The third-order valence-corrected chi connectivity index (χ3v) is 2.09. The minimum atomic E-state index is 0.788. The van der Waals surface area contributed by atoms with Crippen LogP contribution in [0.4, 0.5) is 0 Å². The Morgan fingerprint density at radius 2 is 2.00 bits per heavy atom. The molecule has 1 aromatic rings. The fourth-order valence-electron chi connectivity index (χ4n) is 1.20. The highest BCUT2D eigenvalue weighted by Crippen LogP contribution is 2.00. The van der Waals surface area contributed by atoms with Gasteiger partial charge in [0.15, 0.2) is 0 Å². The first-order valence-corrected chi connectivity index (χ1v) is 4.60. The van der Waals surface area contributed by atoms with Crippen molar-refractivity contribution in [2.24, 2.45) is 0 Å². The van der Waals surface area contributed by atoms with E-state index in [1.807, 2.05) is 25.1 Å². The maximum Gasteiger partial charge on any atom is 0.209 e. The topological polar surface area (TPSA) is 20.3 Å². The minimum absolute atomic E-state index is 0.788. The highest BCUT2D eigenvalue weighted by Gasteiger charge is 1.97. The molecule has 1 aromatic carbocycles. The van der Waals surface area contributed by atoms with Gasteiger partial charge in [-0.05, 0) is 18.9 Å². The number of amides is 1. The van der Waals surface area contributed by atoms with Crippen molar-refractivity contribution in [2.45, 2.75) is 13.3 Å². The van der Waals surface area contributed by atoms with Gasteiger partial charge in [-0.3, -0.25) is 4.79 Å². The van der Waals surface area contributed by atoms with Crippen LogP contribution < -0.4 is 0 Å². The second-order valence-electron chi connectivity index (χ2n) is 2.97. The molecule has 0 fully saturated rings. The molecule has 0 saturated carbocycles. The maximum absolute atomic E-state index is 10.5. The Kier molecular flexibility index (Phi) is 4.03. The first-order valence-electron chi connectivity index (χ1n) is 4.60. The van der Waals surface area contributed by atoms with E-state index in [-0.39, 0.29) is 0 Å². The van der Waals surface area contributed by atoms with Crippen LogP contribution >= 0.6 is 0 Å². The summed E-state index contributed by atoms with van der Waals surface area (Å²) in [5.74, 6) is 0. The van der Waals surface area contributed by atoms with E-state index in [2.05, 4.69) is 12.1 Å². The molecule has 0 radical (unpaired) electrons. The van der Waals surface area contributed by atoms with Crippen molar-refractivity contribution in [2.75, 3.05) is 13.1 Å². The van der Waals surface area contributed by atoms with Gasteiger partial charge in [-0.2, -0.15) is 0 Å². The highest BCUT2D eigenvalue weighted by molar-refractivity contribution is 5.46. The normalized spacial score (nSPS) is 9.62. The molecule has 2 nitrogen and oxygen atoms in total. The predicted octanol–water partition coefficient (Wildman–Crippen LogP) is 1.71. The monoisotopic (exact) mass is 177 g/mol. The lowest BCUT2D eigenvalue weighted by molar-refractivity contribution is -0.117. The van der Waals surface area contributed by atoms with Crippen LogP contribution in [0, 0.1) is 0 Å². The van der Waals surface area contributed by atoms with E-state index in [0.717, 1.165) is 25.9 Å². The number of nitrogens with zero attached hydrogens (tertiary/aromatic N) is 1. The van der Waals surface area contributed by atoms with Crippen LogP contribution in [-0.2, 0) is 11.2 Å². The van der Waals surface area contributed by atoms with Gasteiger partial charge < -0.3 is 4.90 Å². The summed E-state index contributed by atoms with van der Waals surface area (Å²) in [4.78, 5) is 12.3. The predicted molar refractivity (Wildman–Crippen MR) is 53.5 cm³/mol. The number of carbonyl (C=O) groups excluding carboxylic acids is 1. The molecule has 70 valence electrons. The number of carbonyl (C=O) groups is 1. The van der Waals surface area contributed by atoms with E-state index >= 15 is 0 Å². The number of benzene rings is 1. The van der Waals surface area contributed by atoms with Crippen molar-refractivity contribution < 1.29 is 4.79 Å². The van der Waals surface area contributed by atoms with Crippen molar-refractivity contribution in [1.29, 1.82) is 0 Å². The summed E-state index contributed by atoms with van der Waals surface area (Å²) < 4.78 is 0. The van der Waals surface area contributed by atoms with Gasteiger partial charge in [0.05, 0.1) is 0 Å². The zero-order valence-electron chi connectivity index (χ0n) is 7.94. The Morgan fingerprint density at radius 3 is 2.54 bits per heavy atom. The maximum atomic E-state index is 10.5. The van der Waals surface area contributed by atoms with Gasteiger partial charge in [0.1, 0.15) is 0 Å². The van der Waals surface area contributed by atoms with Crippen molar-refractivity contribution >= 4 is 6.41 Å². The van der Waals surface area contributed by atoms with Gasteiger partial charge in [0, 0.05) is 13.1 Å². The molecule has 1 amide bonds. The summed E-state index contributed by atoms with van der Waals surface area (Å²) >= 11 is 0. The molecular formula is C11H15NO. The van der Waals surface area contributed by atoms with Crippen LogP contribution in [0.15, 0.2) is 30.3 Å². The number of hydrogen-bond acceptors (Lipinski definition) is 1. The molecule has 0 atom stereocenters. The zero-order chi connectivity index (χ0) is 9.52. The molecule has 0 N–H and O–H groups in total. The van der Waals surface area contributed by atoms with Crippen LogP contribution in [0.1, 0.15) is 12.5 Å². The van der Waals surface area contributed by atoms with Crippen molar-refractivity contribution in [1.82, 2.24) is 4.90 Å². The van der Waals surface area contributed by atoms with Gasteiger partial charge in [0.25, 0.3) is 0 Å². The molecule has 2 heteroatoms. The average Bonchev–Trinajstić information content (AvgIpc) is 2.21. The summed E-state index contributed by atoms with van der Waals surface area (Å²) in [7, 11) is 0. The summed E-state index contributed by atoms with van der Waals surface area (Å²) in [5, 5.41) is 0. The zero-order valence-corrected chi connectivity index (χ0v) is 7.94. The van der Waals surface area contributed by atoms with Crippen LogP contribution in [0.5, 0.6) is 0 Å². The Morgan fingerprint density at radius 1 is 1.31 bits per heavy atom. The fraction of sp³-hybridized carbons (Fsp3) is 0.364. The van der Waals surface area contributed by atoms with Gasteiger partial charge in [-0.25, -0.2) is 0 Å². The second-order valence-corrected chi connectivity index (χ2v) is 2.97. The minimum Gasteiger partial charge on any atom is -0.345 e.